The van der Waals surface area contributed by atoms with Crippen molar-refractivity contribution < 1.29 is 4.79 Å². The van der Waals surface area contributed by atoms with Gasteiger partial charge in [-0.05, 0) is 36.4 Å². The second kappa shape index (κ2) is 7.03. The fourth-order valence-corrected chi connectivity index (χ4v) is 4.16. The summed E-state index contributed by atoms with van der Waals surface area (Å²) >= 11 is 1.65. The molecule has 0 unspecified atom stereocenters. The predicted octanol–water partition coefficient (Wildman–Crippen LogP) is 3.66. The number of aromatic nitrogens is 2. The number of amides is 1. The summed E-state index contributed by atoms with van der Waals surface area (Å²) in [5.74, 6) is 2.10. The third-order valence-corrected chi connectivity index (χ3v) is 5.63. The highest BCUT2D eigenvalue weighted by Crippen LogP contribution is 2.31. The number of carbonyl (C=O) groups excluding carboxylic acids is 1. The second-order valence-electron chi connectivity index (χ2n) is 6.89. The van der Waals surface area contributed by atoms with Crippen LogP contribution in [0.25, 0.3) is 22.3 Å². The Bertz CT molecular complexity index is 915. The Morgan fingerprint density at radius 1 is 1.15 bits per heavy atom. The Morgan fingerprint density at radius 3 is 2.62 bits per heavy atom. The van der Waals surface area contributed by atoms with Crippen molar-refractivity contribution in [2.45, 2.75) is 12.8 Å². The molecular formula is C20H22N4OS. The molecule has 6 heteroatoms. The van der Waals surface area contributed by atoms with Crippen LogP contribution in [0, 0.1) is 5.92 Å². The van der Waals surface area contributed by atoms with Crippen LogP contribution in [0.15, 0.2) is 41.1 Å². The number of benzene rings is 1. The van der Waals surface area contributed by atoms with Gasteiger partial charge in [0.1, 0.15) is 5.82 Å². The maximum Gasteiger partial charge on any atom is 0.225 e. The van der Waals surface area contributed by atoms with Crippen molar-refractivity contribution in [3.05, 3.63) is 41.1 Å². The minimum atomic E-state index is 0.116. The first-order valence-electron chi connectivity index (χ1n) is 8.89. The number of thiophene rings is 1. The van der Waals surface area contributed by atoms with E-state index in [-0.39, 0.29) is 11.8 Å². The molecule has 26 heavy (non-hydrogen) atoms. The lowest BCUT2D eigenvalue weighted by Crippen LogP contribution is -2.40. The zero-order valence-electron chi connectivity index (χ0n) is 15.1. The van der Waals surface area contributed by atoms with E-state index in [2.05, 4.69) is 22.4 Å². The van der Waals surface area contributed by atoms with E-state index in [1.807, 2.05) is 37.7 Å². The molecule has 3 aromatic rings. The SMILES string of the molecule is CN(C)C(=O)C1CCN(c2nc(-c3ccsc3)nc3ccccc23)CC1. The van der Waals surface area contributed by atoms with Crippen molar-refractivity contribution >= 4 is 34.0 Å². The van der Waals surface area contributed by atoms with Gasteiger partial charge in [-0.3, -0.25) is 4.79 Å². The Morgan fingerprint density at radius 2 is 1.92 bits per heavy atom. The van der Waals surface area contributed by atoms with Crippen LogP contribution in [0.5, 0.6) is 0 Å². The summed E-state index contributed by atoms with van der Waals surface area (Å²) in [6, 6.07) is 10.2. The van der Waals surface area contributed by atoms with Crippen LogP contribution in [-0.4, -0.2) is 48.0 Å². The lowest BCUT2D eigenvalue weighted by molar-refractivity contribution is -0.133. The van der Waals surface area contributed by atoms with Gasteiger partial charge in [-0.15, -0.1) is 0 Å². The molecule has 0 atom stereocenters. The minimum absolute atomic E-state index is 0.116. The van der Waals surface area contributed by atoms with Crippen molar-refractivity contribution in [2.24, 2.45) is 5.92 Å². The third kappa shape index (κ3) is 3.17. The van der Waals surface area contributed by atoms with Crippen LogP contribution < -0.4 is 4.90 Å². The zero-order valence-corrected chi connectivity index (χ0v) is 15.9. The number of hydrogen-bond donors (Lipinski definition) is 0. The van der Waals surface area contributed by atoms with E-state index in [9.17, 15) is 4.79 Å². The highest BCUT2D eigenvalue weighted by molar-refractivity contribution is 7.08. The molecule has 134 valence electrons. The number of piperidine rings is 1. The molecule has 1 fully saturated rings. The summed E-state index contributed by atoms with van der Waals surface area (Å²) in [6.45, 7) is 1.68. The average molecular weight is 366 g/mol. The van der Waals surface area contributed by atoms with Crippen LogP contribution in [0.1, 0.15) is 12.8 Å². The van der Waals surface area contributed by atoms with Crippen LogP contribution in [0.3, 0.4) is 0 Å². The third-order valence-electron chi connectivity index (χ3n) is 4.95. The summed E-state index contributed by atoms with van der Waals surface area (Å²) in [5.41, 5.74) is 2.02. The van der Waals surface area contributed by atoms with Crippen LogP contribution in [-0.2, 0) is 4.79 Å². The number of hydrogen-bond acceptors (Lipinski definition) is 5. The lowest BCUT2D eigenvalue weighted by atomic mass is 9.95. The summed E-state index contributed by atoms with van der Waals surface area (Å²) in [4.78, 5) is 25.9. The van der Waals surface area contributed by atoms with Crippen molar-refractivity contribution in [3.8, 4) is 11.4 Å². The molecule has 1 saturated heterocycles. The molecule has 0 saturated carbocycles. The first kappa shape index (κ1) is 17.0. The molecule has 2 aromatic heterocycles. The molecule has 1 amide bonds. The van der Waals surface area contributed by atoms with Gasteiger partial charge >= 0.3 is 0 Å². The van der Waals surface area contributed by atoms with Crippen molar-refractivity contribution in [2.75, 3.05) is 32.1 Å². The first-order chi connectivity index (χ1) is 12.6. The fourth-order valence-electron chi connectivity index (χ4n) is 3.53. The van der Waals surface area contributed by atoms with Gasteiger partial charge in [-0.1, -0.05) is 12.1 Å². The van der Waals surface area contributed by atoms with Gasteiger partial charge in [0.05, 0.1) is 5.52 Å². The Kier molecular flexibility index (Phi) is 4.59. The predicted molar refractivity (Wildman–Crippen MR) is 106 cm³/mol. The number of carbonyl (C=O) groups is 1. The number of fused-ring (bicyclic) bond motifs is 1. The molecule has 3 heterocycles. The minimum Gasteiger partial charge on any atom is -0.356 e. The molecule has 0 aliphatic carbocycles. The maximum absolute atomic E-state index is 12.2. The monoisotopic (exact) mass is 366 g/mol. The smallest absolute Gasteiger partial charge is 0.225 e. The summed E-state index contributed by atoms with van der Waals surface area (Å²) < 4.78 is 0. The summed E-state index contributed by atoms with van der Waals surface area (Å²) in [6.07, 6.45) is 1.73. The Labute approximate surface area is 157 Å². The van der Waals surface area contributed by atoms with E-state index in [0.29, 0.717) is 0 Å². The van der Waals surface area contributed by atoms with E-state index in [4.69, 9.17) is 9.97 Å². The fraction of sp³-hybridized carbons (Fsp3) is 0.350. The van der Waals surface area contributed by atoms with Gasteiger partial charge in [-0.2, -0.15) is 11.3 Å². The number of para-hydroxylation sites is 1. The molecule has 0 bridgehead atoms. The van der Waals surface area contributed by atoms with Gasteiger partial charge in [0.2, 0.25) is 5.91 Å². The highest BCUT2D eigenvalue weighted by Gasteiger charge is 2.27. The number of nitrogens with zero attached hydrogens (tertiary/aromatic N) is 4. The molecular weight excluding hydrogens is 344 g/mol. The maximum atomic E-state index is 12.2. The molecule has 1 aromatic carbocycles. The normalized spacial score (nSPS) is 15.4. The summed E-state index contributed by atoms with van der Waals surface area (Å²) in [5, 5.41) is 5.20. The summed E-state index contributed by atoms with van der Waals surface area (Å²) in [7, 11) is 3.67. The van der Waals surface area contributed by atoms with E-state index >= 15 is 0 Å². The van der Waals surface area contributed by atoms with E-state index in [1.54, 1.807) is 16.2 Å². The quantitative estimate of drug-likeness (QED) is 0.710. The molecule has 5 nitrogen and oxygen atoms in total. The largest absolute Gasteiger partial charge is 0.356 e. The van der Waals surface area contributed by atoms with E-state index < -0.39 is 0 Å². The van der Waals surface area contributed by atoms with Gasteiger partial charge in [0, 0.05) is 49.4 Å². The highest BCUT2D eigenvalue weighted by atomic mass is 32.1. The van der Waals surface area contributed by atoms with Gasteiger partial charge in [-0.25, -0.2) is 9.97 Å². The topological polar surface area (TPSA) is 49.3 Å². The zero-order chi connectivity index (χ0) is 18.1. The van der Waals surface area contributed by atoms with Gasteiger partial charge in [0.25, 0.3) is 0 Å². The molecule has 0 spiro atoms. The molecule has 4 rings (SSSR count). The van der Waals surface area contributed by atoms with Crippen molar-refractivity contribution in [3.63, 3.8) is 0 Å². The lowest BCUT2D eigenvalue weighted by Gasteiger charge is -2.33. The Balaban J connectivity index is 1.67. The molecule has 1 aliphatic heterocycles. The van der Waals surface area contributed by atoms with Gasteiger partial charge < -0.3 is 9.80 Å². The first-order valence-corrected chi connectivity index (χ1v) is 9.83. The van der Waals surface area contributed by atoms with Crippen molar-refractivity contribution in [1.29, 1.82) is 0 Å². The van der Waals surface area contributed by atoms with E-state index in [1.165, 1.54) is 0 Å². The van der Waals surface area contributed by atoms with Crippen LogP contribution in [0.4, 0.5) is 5.82 Å². The molecule has 0 radical (unpaired) electrons. The van der Waals surface area contributed by atoms with Crippen LogP contribution in [0.2, 0.25) is 0 Å². The number of anilines is 1. The van der Waals surface area contributed by atoms with Crippen LogP contribution >= 0.6 is 11.3 Å². The Hall–Kier alpha value is -2.47. The van der Waals surface area contributed by atoms with Gasteiger partial charge in [0.15, 0.2) is 5.82 Å². The average Bonchev–Trinajstić information content (AvgIpc) is 3.21. The standard InChI is InChI=1S/C20H22N4OS/c1-23(2)20(25)14-7-10-24(11-8-14)19-16-5-3-4-6-17(16)21-18(22-19)15-9-12-26-13-15/h3-6,9,12-14H,7-8,10-11H2,1-2H3. The van der Waals surface area contributed by atoms with E-state index in [0.717, 1.165) is 54.0 Å². The molecule has 0 N–H and O–H groups in total. The number of rotatable bonds is 3. The molecule has 1 aliphatic rings. The van der Waals surface area contributed by atoms with Crippen molar-refractivity contribution in [1.82, 2.24) is 14.9 Å². The second-order valence-corrected chi connectivity index (χ2v) is 7.67.